The largest absolute Gasteiger partial charge is 0.477 e. The predicted octanol–water partition coefficient (Wildman–Crippen LogP) is 4.40. The Morgan fingerprint density at radius 2 is 1.96 bits per heavy atom. The standard InChI is InChI=1S/C15H11F3N2O2S/c1-7-3-4-9(5-8(7)2)10-6-20-12(15(16,17)18)11(13(21)22)23-14(20)19-10/h3-6H,1-2H3,(H,21,22). The molecule has 0 aliphatic heterocycles. The zero-order chi connectivity index (χ0) is 16.9. The number of benzene rings is 1. The lowest BCUT2D eigenvalue weighted by atomic mass is 10.0. The normalized spacial score (nSPS) is 12.0. The molecule has 0 fully saturated rings. The van der Waals surface area contributed by atoms with Crippen molar-refractivity contribution in [1.29, 1.82) is 0 Å². The summed E-state index contributed by atoms with van der Waals surface area (Å²) in [5, 5.41) is 8.97. The lowest BCUT2D eigenvalue weighted by Crippen LogP contribution is -2.13. The van der Waals surface area contributed by atoms with Gasteiger partial charge in [0.2, 0.25) is 0 Å². The van der Waals surface area contributed by atoms with E-state index in [4.69, 9.17) is 5.11 Å². The average molecular weight is 340 g/mol. The smallest absolute Gasteiger partial charge is 0.433 e. The molecule has 3 rings (SSSR count). The molecule has 0 amide bonds. The molecule has 23 heavy (non-hydrogen) atoms. The minimum atomic E-state index is -4.77. The number of aromatic carboxylic acids is 1. The van der Waals surface area contributed by atoms with E-state index < -0.39 is 22.7 Å². The van der Waals surface area contributed by atoms with Gasteiger partial charge in [0.25, 0.3) is 0 Å². The summed E-state index contributed by atoms with van der Waals surface area (Å²) in [5.74, 6) is -1.61. The number of thiazole rings is 1. The summed E-state index contributed by atoms with van der Waals surface area (Å²) in [7, 11) is 0. The number of halogens is 3. The molecule has 120 valence electrons. The second kappa shape index (κ2) is 5.09. The number of carbonyl (C=O) groups is 1. The fraction of sp³-hybridized carbons (Fsp3) is 0.200. The molecular weight excluding hydrogens is 329 g/mol. The third-order valence-electron chi connectivity index (χ3n) is 3.59. The second-order valence-corrected chi connectivity index (χ2v) is 6.14. The van der Waals surface area contributed by atoms with Crippen molar-refractivity contribution in [2.45, 2.75) is 20.0 Å². The fourth-order valence-electron chi connectivity index (χ4n) is 2.29. The number of nitrogens with zero attached hydrogens (tertiary/aromatic N) is 2. The maximum absolute atomic E-state index is 13.2. The van der Waals surface area contributed by atoms with Crippen molar-refractivity contribution < 1.29 is 23.1 Å². The number of aryl methyl sites for hydroxylation is 2. The summed E-state index contributed by atoms with van der Waals surface area (Å²) >= 11 is 0.514. The average Bonchev–Trinajstić information content (AvgIpc) is 2.97. The van der Waals surface area contributed by atoms with Crippen LogP contribution >= 0.6 is 11.3 Å². The van der Waals surface area contributed by atoms with Crippen LogP contribution in [-0.4, -0.2) is 20.5 Å². The van der Waals surface area contributed by atoms with Gasteiger partial charge < -0.3 is 5.11 Å². The number of hydrogen-bond acceptors (Lipinski definition) is 3. The zero-order valence-electron chi connectivity index (χ0n) is 12.1. The second-order valence-electron chi connectivity index (χ2n) is 5.16. The molecule has 8 heteroatoms. The monoisotopic (exact) mass is 340 g/mol. The van der Waals surface area contributed by atoms with Crippen molar-refractivity contribution in [2.24, 2.45) is 0 Å². The van der Waals surface area contributed by atoms with Gasteiger partial charge >= 0.3 is 12.1 Å². The molecule has 4 nitrogen and oxygen atoms in total. The molecule has 0 aliphatic rings. The van der Waals surface area contributed by atoms with E-state index in [0.717, 1.165) is 15.5 Å². The van der Waals surface area contributed by atoms with Gasteiger partial charge in [-0.15, -0.1) is 0 Å². The van der Waals surface area contributed by atoms with Gasteiger partial charge in [0.15, 0.2) is 10.7 Å². The van der Waals surface area contributed by atoms with Gasteiger partial charge in [-0.05, 0) is 31.0 Å². The Hall–Kier alpha value is -2.35. The quantitative estimate of drug-likeness (QED) is 0.752. The number of carboxylic acids is 1. The van der Waals surface area contributed by atoms with Gasteiger partial charge in [-0.25, -0.2) is 9.78 Å². The number of rotatable bonds is 2. The Bertz CT molecular complexity index is 925. The third kappa shape index (κ3) is 2.59. The van der Waals surface area contributed by atoms with Crippen LogP contribution in [0, 0.1) is 13.8 Å². The molecule has 0 aliphatic carbocycles. The molecular formula is C15H11F3N2O2S. The third-order valence-corrected chi connectivity index (χ3v) is 4.63. The minimum absolute atomic E-state index is 0.00273. The summed E-state index contributed by atoms with van der Waals surface area (Å²) in [4.78, 5) is 14.4. The minimum Gasteiger partial charge on any atom is -0.477 e. The molecule has 0 radical (unpaired) electrons. The molecule has 0 saturated carbocycles. The number of carboxylic acid groups (broad SMARTS) is 1. The molecule has 2 aromatic heterocycles. The van der Waals surface area contributed by atoms with Gasteiger partial charge in [0.05, 0.1) is 5.69 Å². The van der Waals surface area contributed by atoms with Crippen LogP contribution in [-0.2, 0) is 6.18 Å². The summed E-state index contributed by atoms with van der Waals surface area (Å²) < 4.78 is 40.4. The molecule has 0 unspecified atom stereocenters. The van der Waals surface area contributed by atoms with E-state index in [9.17, 15) is 18.0 Å². The van der Waals surface area contributed by atoms with Crippen LogP contribution in [0.25, 0.3) is 16.2 Å². The number of hydrogen-bond donors (Lipinski definition) is 1. The highest BCUT2D eigenvalue weighted by atomic mass is 32.1. The molecule has 0 saturated heterocycles. The van der Waals surface area contributed by atoms with Gasteiger partial charge in [-0.3, -0.25) is 4.40 Å². The van der Waals surface area contributed by atoms with Crippen LogP contribution in [0.4, 0.5) is 13.2 Å². The summed E-state index contributed by atoms with van der Waals surface area (Å²) in [6.07, 6.45) is -3.54. The van der Waals surface area contributed by atoms with E-state index >= 15 is 0 Å². The van der Waals surface area contributed by atoms with Gasteiger partial charge in [0, 0.05) is 11.8 Å². The van der Waals surface area contributed by atoms with Crippen molar-refractivity contribution >= 4 is 22.3 Å². The van der Waals surface area contributed by atoms with Crippen LogP contribution in [0.5, 0.6) is 0 Å². The summed E-state index contributed by atoms with van der Waals surface area (Å²) in [5.41, 5.74) is 1.93. The highest BCUT2D eigenvalue weighted by Gasteiger charge is 2.40. The number of fused-ring (bicyclic) bond motifs is 1. The first-order valence-electron chi connectivity index (χ1n) is 6.58. The van der Waals surface area contributed by atoms with Crippen LogP contribution in [0.2, 0.25) is 0 Å². The van der Waals surface area contributed by atoms with Crippen LogP contribution in [0.1, 0.15) is 26.5 Å². The van der Waals surface area contributed by atoms with Crippen molar-refractivity contribution in [2.75, 3.05) is 0 Å². The first kappa shape index (κ1) is 15.5. The maximum atomic E-state index is 13.2. The van der Waals surface area contributed by atoms with E-state index in [2.05, 4.69) is 4.98 Å². The molecule has 0 bridgehead atoms. The fourth-order valence-corrected chi connectivity index (χ4v) is 3.26. The Balaban J connectivity index is 2.22. The van der Waals surface area contributed by atoms with E-state index in [1.54, 1.807) is 6.07 Å². The zero-order valence-corrected chi connectivity index (χ0v) is 12.9. The highest BCUT2D eigenvalue weighted by molar-refractivity contribution is 7.19. The molecule has 1 N–H and O–H groups in total. The van der Waals surface area contributed by atoms with E-state index in [1.807, 2.05) is 26.0 Å². The lowest BCUT2D eigenvalue weighted by molar-refractivity contribution is -0.142. The molecule has 3 aromatic rings. The van der Waals surface area contributed by atoms with E-state index in [1.165, 1.54) is 6.20 Å². The van der Waals surface area contributed by atoms with Crippen molar-refractivity contribution in [1.82, 2.24) is 9.38 Å². The highest BCUT2D eigenvalue weighted by Crippen LogP contribution is 2.38. The van der Waals surface area contributed by atoms with Crippen molar-refractivity contribution in [3.8, 4) is 11.3 Å². The van der Waals surface area contributed by atoms with Crippen LogP contribution in [0.15, 0.2) is 24.4 Å². The van der Waals surface area contributed by atoms with Crippen LogP contribution in [0.3, 0.4) is 0 Å². The Morgan fingerprint density at radius 1 is 1.26 bits per heavy atom. The number of aromatic nitrogens is 2. The number of imidazole rings is 1. The summed E-state index contributed by atoms with van der Waals surface area (Å²) in [6, 6.07) is 5.48. The summed E-state index contributed by atoms with van der Waals surface area (Å²) in [6.45, 7) is 3.84. The topological polar surface area (TPSA) is 54.6 Å². The Morgan fingerprint density at radius 3 is 2.52 bits per heavy atom. The first-order chi connectivity index (χ1) is 10.7. The Kier molecular flexibility index (Phi) is 3.44. The molecule has 0 spiro atoms. The van der Waals surface area contributed by atoms with E-state index in [-0.39, 0.29) is 4.96 Å². The molecule has 2 heterocycles. The van der Waals surface area contributed by atoms with Gasteiger partial charge in [-0.2, -0.15) is 13.2 Å². The van der Waals surface area contributed by atoms with Gasteiger partial charge in [-0.1, -0.05) is 23.5 Å². The van der Waals surface area contributed by atoms with Crippen LogP contribution < -0.4 is 0 Å². The maximum Gasteiger partial charge on any atom is 0.433 e. The SMILES string of the molecule is Cc1ccc(-c2cn3c(C(F)(F)F)c(C(=O)O)sc3n2)cc1C. The number of alkyl halides is 3. The lowest BCUT2D eigenvalue weighted by Gasteiger charge is -2.06. The molecule has 0 atom stereocenters. The van der Waals surface area contributed by atoms with E-state index in [0.29, 0.717) is 22.6 Å². The van der Waals surface area contributed by atoms with Crippen molar-refractivity contribution in [3.05, 3.63) is 46.1 Å². The van der Waals surface area contributed by atoms with Gasteiger partial charge in [0.1, 0.15) is 4.88 Å². The Labute approximate surface area is 132 Å². The molecule has 1 aromatic carbocycles. The first-order valence-corrected chi connectivity index (χ1v) is 7.40. The predicted molar refractivity (Wildman–Crippen MR) is 79.9 cm³/mol. The van der Waals surface area contributed by atoms with Crippen molar-refractivity contribution in [3.63, 3.8) is 0 Å².